The maximum Gasteiger partial charge on any atom is 0.293 e. The van der Waals surface area contributed by atoms with Crippen molar-refractivity contribution in [3.63, 3.8) is 0 Å². The molecule has 1 aliphatic rings. The molecule has 1 aromatic carbocycles. The van der Waals surface area contributed by atoms with Crippen LogP contribution in [0.1, 0.15) is 30.1 Å². The number of benzene rings is 1. The van der Waals surface area contributed by atoms with Gasteiger partial charge in [-0.05, 0) is 42.3 Å². The van der Waals surface area contributed by atoms with E-state index >= 15 is 0 Å². The zero-order valence-electron chi connectivity index (χ0n) is 15.8. The summed E-state index contributed by atoms with van der Waals surface area (Å²) in [5.74, 6) is 0.228. The van der Waals surface area contributed by atoms with Crippen molar-refractivity contribution >= 4 is 45.1 Å². The highest BCUT2D eigenvalue weighted by Gasteiger charge is 2.25. The van der Waals surface area contributed by atoms with Gasteiger partial charge in [-0.3, -0.25) is 20.2 Å². The topological polar surface area (TPSA) is 88.4 Å². The number of nitro groups is 1. The van der Waals surface area contributed by atoms with Gasteiger partial charge in [0.2, 0.25) is 0 Å². The van der Waals surface area contributed by atoms with Crippen molar-refractivity contribution in [3.8, 4) is 10.6 Å². The van der Waals surface area contributed by atoms with Gasteiger partial charge < -0.3 is 4.90 Å². The van der Waals surface area contributed by atoms with Crippen molar-refractivity contribution in [2.24, 2.45) is 5.92 Å². The van der Waals surface area contributed by atoms with Crippen LogP contribution in [0.3, 0.4) is 0 Å². The number of hydrogen-bond acceptors (Lipinski definition) is 7. The number of carbonyl (C=O) groups is 1. The van der Waals surface area contributed by atoms with E-state index in [0.29, 0.717) is 16.7 Å². The zero-order chi connectivity index (χ0) is 20.4. The van der Waals surface area contributed by atoms with E-state index in [0.717, 1.165) is 36.5 Å². The molecule has 0 atom stereocenters. The van der Waals surface area contributed by atoms with Crippen LogP contribution in [0.4, 0.5) is 16.5 Å². The first-order valence-electron chi connectivity index (χ1n) is 9.35. The molecule has 3 heterocycles. The number of nitro benzene ring substituents is 1. The Balaban J connectivity index is 1.53. The van der Waals surface area contributed by atoms with Crippen LogP contribution >= 0.6 is 22.7 Å². The van der Waals surface area contributed by atoms with Crippen LogP contribution in [0.2, 0.25) is 0 Å². The summed E-state index contributed by atoms with van der Waals surface area (Å²) in [6.45, 7) is 3.78. The predicted octanol–water partition coefficient (Wildman–Crippen LogP) is 5.27. The number of amides is 1. The monoisotopic (exact) mass is 428 g/mol. The third-order valence-corrected chi connectivity index (χ3v) is 6.71. The molecule has 0 saturated carbocycles. The van der Waals surface area contributed by atoms with Crippen molar-refractivity contribution in [3.05, 3.63) is 56.8 Å². The maximum atomic E-state index is 12.6. The number of thiazole rings is 1. The molecule has 0 spiro atoms. The number of nitrogens with one attached hydrogen (secondary N) is 1. The molecule has 1 amide bonds. The van der Waals surface area contributed by atoms with Crippen molar-refractivity contribution in [2.45, 2.75) is 19.8 Å². The number of carbonyl (C=O) groups excluding carboxylic acids is 1. The summed E-state index contributed by atoms with van der Waals surface area (Å²) in [6.07, 6.45) is 2.02. The van der Waals surface area contributed by atoms with Gasteiger partial charge in [-0.2, -0.15) is 0 Å². The fraction of sp³-hybridized carbons (Fsp3) is 0.300. The van der Waals surface area contributed by atoms with Crippen molar-refractivity contribution in [1.82, 2.24) is 4.98 Å². The molecular formula is C20H20N4O3S2. The lowest BCUT2D eigenvalue weighted by Crippen LogP contribution is -2.33. The molecule has 3 aromatic rings. The quantitative estimate of drug-likeness (QED) is 0.442. The van der Waals surface area contributed by atoms with Crippen LogP contribution in [0.5, 0.6) is 0 Å². The molecule has 29 heavy (non-hydrogen) atoms. The SMILES string of the molecule is CC1CCN(c2ccc(C(=O)Nc3nc(-c4cccs4)cs3)cc2[N+](=O)[O-])CC1. The number of hydrogen-bond donors (Lipinski definition) is 1. The highest BCUT2D eigenvalue weighted by atomic mass is 32.1. The molecule has 0 unspecified atom stereocenters. The number of piperidine rings is 1. The van der Waals surface area contributed by atoms with Crippen LogP contribution in [0.25, 0.3) is 10.6 Å². The molecule has 1 N–H and O–H groups in total. The minimum Gasteiger partial charge on any atom is -0.366 e. The van der Waals surface area contributed by atoms with E-state index in [2.05, 4.69) is 17.2 Å². The van der Waals surface area contributed by atoms with Gasteiger partial charge in [-0.15, -0.1) is 22.7 Å². The van der Waals surface area contributed by atoms with Gasteiger partial charge in [0.05, 0.1) is 15.5 Å². The molecule has 4 rings (SSSR count). The van der Waals surface area contributed by atoms with E-state index in [4.69, 9.17) is 0 Å². The lowest BCUT2D eigenvalue weighted by molar-refractivity contribution is -0.384. The molecule has 0 bridgehead atoms. The molecule has 150 valence electrons. The summed E-state index contributed by atoms with van der Waals surface area (Å²) in [7, 11) is 0. The lowest BCUT2D eigenvalue weighted by atomic mass is 9.98. The molecule has 1 saturated heterocycles. The minimum absolute atomic E-state index is 0.0365. The molecule has 0 radical (unpaired) electrons. The van der Waals surface area contributed by atoms with E-state index < -0.39 is 10.8 Å². The first-order valence-corrected chi connectivity index (χ1v) is 11.1. The Kier molecular flexibility index (Phi) is 5.59. The van der Waals surface area contributed by atoms with Gasteiger partial charge in [0.15, 0.2) is 5.13 Å². The van der Waals surface area contributed by atoms with Crippen LogP contribution < -0.4 is 10.2 Å². The van der Waals surface area contributed by atoms with Gasteiger partial charge in [-0.25, -0.2) is 4.98 Å². The van der Waals surface area contributed by atoms with Gasteiger partial charge in [-0.1, -0.05) is 13.0 Å². The van der Waals surface area contributed by atoms with E-state index in [1.54, 1.807) is 23.5 Å². The van der Waals surface area contributed by atoms with Crippen LogP contribution in [0, 0.1) is 16.0 Å². The molecule has 1 aliphatic heterocycles. The molecule has 0 aliphatic carbocycles. The third kappa shape index (κ3) is 4.30. The summed E-state index contributed by atoms with van der Waals surface area (Å²) in [6, 6.07) is 8.60. The van der Waals surface area contributed by atoms with Crippen LogP contribution in [-0.2, 0) is 0 Å². The second kappa shape index (κ2) is 8.30. The molecule has 1 fully saturated rings. The average molecular weight is 429 g/mol. The van der Waals surface area contributed by atoms with Gasteiger partial charge in [0, 0.05) is 30.1 Å². The Labute approximate surface area is 176 Å². The summed E-state index contributed by atoms with van der Waals surface area (Å²) in [4.78, 5) is 31.3. The number of rotatable bonds is 5. The van der Waals surface area contributed by atoms with E-state index in [1.165, 1.54) is 17.4 Å². The molecular weight excluding hydrogens is 408 g/mol. The zero-order valence-corrected chi connectivity index (χ0v) is 17.5. The number of anilines is 2. The molecule has 7 nitrogen and oxygen atoms in total. The van der Waals surface area contributed by atoms with Crippen molar-refractivity contribution < 1.29 is 9.72 Å². The fourth-order valence-electron chi connectivity index (χ4n) is 3.37. The smallest absolute Gasteiger partial charge is 0.293 e. The van der Waals surface area contributed by atoms with Crippen LogP contribution in [-0.4, -0.2) is 28.9 Å². The summed E-state index contributed by atoms with van der Waals surface area (Å²) in [5.41, 5.74) is 1.60. The summed E-state index contributed by atoms with van der Waals surface area (Å²) < 4.78 is 0. The number of aromatic nitrogens is 1. The first-order chi connectivity index (χ1) is 14.0. The van der Waals surface area contributed by atoms with Gasteiger partial charge in [0.25, 0.3) is 11.6 Å². The first kappa shape index (κ1) is 19.5. The van der Waals surface area contributed by atoms with E-state index in [1.807, 2.05) is 27.8 Å². The molecule has 9 heteroatoms. The number of nitrogens with zero attached hydrogens (tertiary/aromatic N) is 3. The number of thiophene rings is 1. The minimum atomic E-state index is -0.414. The average Bonchev–Trinajstić information content (AvgIpc) is 3.40. The van der Waals surface area contributed by atoms with E-state index in [-0.39, 0.29) is 11.3 Å². The summed E-state index contributed by atoms with van der Waals surface area (Å²) in [5, 5.41) is 18.7. The highest BCUT2D eigenvalue weighted by molar-refractivity contribution is 7.16. The maximum absolute atomic E-state index is 12.6. The Morgan fingerprint density at radius 1 is 1.28 bits per heavy atom. The van der Waals surface area contributed by atoms with Crippen molar-refractivity contribution in [2.75, 3.05) is 23.3 Å². The van der Waals surface area contributed by atoms with Crippen molar-refractivity contribution in [1.29, 1.82) is 0 Å². The molecule has 2 aromatic heterocycles. The van der Waals surface area contributed by atoms with Gasteiger partial charge >= 0.3 is 0 Å². The summed E-state index contributed by atoms with van der Waals surface area (Å²) >= 11 is 2.91. The van der Waals surface area contributed by atoms with Gasteiger partial charge in [0.1, 0.15) is 5.69 Å². The second-order valence-electron chi connectivity index (χ2n) is 7.10. The lowest BCUT2D eigenvalue weighted by Gasteiger charge is -2.31. The Morgan fingerprint density at radius 3 is 2.76 bits per heavy atom. The predicted molar refractivity (Wildman–Crippen MR) is 117 cm³/mol. The highest BCUT2D eigenvalue weighted by Crippen LogP contribution is 2.33. The second-order valence-corrected chi connectivity index (χ2v) is 8.91. The standard InChI is InChI=1S/C20H20N4O3S2/c1-13-6-8-23(9-7-13)16-5-4-14(11-17(16)24(26)27)19(25)22-20-21-15(12-29-20)18-3-2-10-28-18/h2-5,10-13H,6-9H2,1H3,(H,21,22,25). The Morgan fingerprint density at radius 2 is 2.07 bits per heavy atom. The third-order valence-electron chi connectivity index (χ3n) is 5.06. The largest absolute Gasteiger partial charge is 0.366 e. The normalized spacial score (nSPS) is 14.7. The van der Waals surface area contributed by atoms with E-state index in [9.17, 15) is 14.9 Å². The Hall–Kier alpha value is -2.78. The Bertz CT molecular complexity index is 1020. The van der Waals surface area contributed by atoms with Crippen LogP contribution in [0.15, 0.2) is 41.1 Å². The fourth-order valence-corrected chi connectivity index (χ4v) is 4.83.